The summed E-state index contributed by atoms with van der Waals surface area (Å²) in [4.78, 5) is 27.5. The van der Waals surface area contributed by atoms with Crippen LogP contribution in [0.1, 0.15) is 67.0 Å². The van der Waals surface area contributed by atoms with E-state index in [-0.39, 0.29) is 17.5 Å². The fraction of sp³-hybridized carbons (Fsp3) is 0.619. The van der Waals surface area contributed by atoms with Gasteiger partial charge in [0.25, 0.3) is 11.5 Å². The van der Waals surface area contributed by atoms with Gasteiger partial charge in [-0.15, -0.1) is 5.10 Å². The molecule has 7 nitrogen and oxygen atoms in total. The Kier molecular flexibility index (Phi) is 5.11. The molecule has 2 aromatic rings. The predicted molar refractivity (Wildman–Crippen MR) is 113 cm³/mol. The summed E-state index contributed by atoms with van der Waals surface area (Å²) in [5.41, 5.74) is 1.67. The summed E-state index contributed by atoms with van der Waals surface area (Å²) in [6.45, 7) is 2.39. The standard InChI is InChI=1S/C21H27N5O2S/c27-18-9-5-8-17-15-10-14(12-26(17)18)11-25(13-15)21-19(23-24-29-21)20(28)22-16-6-3-1-2-4-7-16/h5,8-9,14-16H,1-4,6-7,10-13H2,(H,22,28). The Labute approximate surface area is 174 Å². The average Bonchev–Trinajstić information content (AvgIpc) is 3.08. The van der Waals surface area contributed by atoms with E-state index in [0.717, 1.165) is 49.6 Å². The number of nitrogens with one attached hydrogen (secondary N) is 1. The van der Waals surface area contributed by atoms with Crippen LogP contribution >= 0.6 is 11.5 Å². The number of anilines is 1. The van der Waals surface area contributed by atoms with Crippen LogP contribution in [-0.2, 0) is 6.54 Å². The first kappa shape index (κ1) is 18.8. The number of carbonyl (C=O) groups is 1. The molecule has 1 saturated heterocycles. The molecule has 2 atom stereocenters. The van der Waals surface area contributed by atoms with Crippen molar-refractivity contribution in [1.82, 2.24) is 19.5 Å². The van der Waals surface area contributed by atoms with Gasteiger partial charge in [0.05, 0.1) is 0 Å². The van der Waals surface area contributed by atoms with Crippen LogP contribution in [0.4, 0.5) is 5.00 Å². The van der Waals surface area contributed by atoms with Crippen molar-refractivity contribution in [1.29, 1.82) is 0 Å². The minimum absolute atomic E-state index is 0.0898. The summed E-state index contributed by atoms with van der Waals surface area (Å²) in [6.07, 6.45) is 8.09. The minimum Gasteiger partial charge on any atom is -0.359 e. The number of carbonyl (C=O) groups excluding carboxylic acids is 1. The number of amides is 1. The van der Waals surface area contributed by atoms with E-state index >= 15 is 0 Å². The van der Waals surface area contributed by atoms with Gasteiger partial charge in [-0.1, -0.05) is 36.2 Å². The van der Waals surface area contributed by atoms with Gasteiger partial charge in [-0.05, 0) is 31.2 Å². The third-order valence-corrected chi connectivity index (χ3v) is 7.43. The van der Waals surface area contributed by atoms with Gasteiger partial charge in [-0.3, -0.25) is 9.59 Å². The molecule has 4 heterocycles. The highest BCUT2D eigenvalue weighted by Gasteiger charge is 2.36. The Balaban J connectivity index is 1.35. The molecule has 0 radical (unpaired) electrons. The molecule has 1 amide bonds. The highest BCUT2D eigenvalue weighted by Crippen LogP contribution is 2.38. The molecule has 0 aromatic carbocycles. The van der Waals surface area contributed by atoms with E-state index in [4.69, 9.17) is 0 Å². The highest BCUT2D eigenvalue weighted by molar-refractivity contribution is 7.10. The maximum absolute atomic E-state index is 13.0. The molecule has 154 valence electrons. The summed E-state index contributed by atoms with van der Waals surface area (Å²) < 4.78 is 6.05. The van der Waals surface area contributed by atoms with E-state index in [1.165, 1.54) is 37.2 Å². The maximum atomic E-state index is 13.0. The summed E-state index contributed by atoms with van der Waals surface area (Å²) in [7, 11) is 0. The fourth-order valence-corrected chi connectivity index (χ4v) is 5.96. The van der Waals surface area contributed by atoms with E-state index in [2.05, 4.69) is 25.9 Å². The number of aromatic nitrogens is 3. The number of nitrogens with zero attached hydrogens (tertiary/aromatic N) is 4. The SMILES string of the molecule is O=C(NC1CCCCCC1)c1nnsc1N1CC2CC(C1)c1cccc(=O)n1C2. The summed E-state index contributed by atoms with van der Waals surface area (Å²) >= 11 is 1.31. The molecular formula is C21H27N5O2S. The fourth-order valence-electron chi connectivity index (χ4n) is 5.28. The van der Waals surface area contributed by atoms with Crippen molar-refractivity contribution < 1.29 is 4.79 Å². The van der Waals surface area contributed by atoms with Crippen molar-refractivity contribution in [3.05, 3.63) is 39.9 Å². The number of hydrogen-bond donors (Lipinski definition) is 1. The van der Waals surface area contributed by atoms with Gasteiger partial charge in [-0.25, -0.2) is 0 Å². The van der Waals surface area contributed by atoms with Crippen molar-refractivity contribution in [2.24, 2.45) is 5.92 Å². The minimum atomic E-state index is -0.0898. The second kappa shape index (κ2) is 7.89. The normalized spacial score (nSPS) is 24.6. The lowest BCUT2D eigenvalue weighted by atomic mass is 9.83. The largest absolute Gasteiger partial charge is 0.359 e. The van der Waals surface area contributed by atoms with Crippen LogP contribution in [0.2, 0.25) is 0 Å². The van der Waals surface area contributed by atoms with Gasteiger partial charge in [0.2, 0.25) is 0 Å². The Morgan fingerprint density at radius 3 is 2.76 bits per heavy atom. The van der Waals surface area contributed by atoms with Gasteiger partial charge in [0.1, 0.15) is 5.00 Å². The van der Waals surface area contributed by atoms with E-state index in [9.17, 15) is 9.59 Å². The smallest absolute Gasteiger partial charge is 0.275 e. The first-order valence-electron chi connectivity index (χ1n) is 10.8. The molecule has 29 heavy (non-hydrogen) atoms. The molecule has 2 unspecified atom stereocenters. The molecule has 1 aliphatic carbocycles. The number of fused-ring (bicyclic) bond motifs is 4. The van der Waals surface area contributed by atoms with Crippen molar-refractivity contribution >= 4 is 22.4 Å². The summed E-state index contributed by atoms with van der Waals surface area (Å²) in [5, 5.41) is 8.27. The van der Waals surface area contributed by atoms with E-state index in [1.54, 1.807) is 6.07 Å². The molecule has 5 rings (SSSR count). The van der Waals surface area contributed by atoms with E-state index in [1.807, 2.05) is 10.6 Å². The lowest BCUT2D eigenvalue weighted by molar-refractivity contribution is 0.0928. The Morgan fingerprint density at radius 1 is 1.10 bits per heavy atom. The first-order valence-corrected chi connectivity index (χ1v) is 11.5. The highest BCUT2D eigenvalue weighted by atomic mass is 32.1. The number of rotatable bonds is 3. The van der Waals surface area contributed by atoms with Crippen LogP contribution in [0, 0.1) is 5.92 Å². The van der Waals surface area contributed by atoms with E-state index < -0.39 is 0 Å². The first-order chi connectivity index (χ1) is 14.2. The molecule has 2 bridgehead atoms. The zero-order valence-corrected chi connectivity index (χ0v) is 17.4. The molecule has 2 aromatic heterocycles. The third-order valence-electron chi connectivity index (χ3n) is 6.64. The Hall–Kier alpha value is -2.22. The van der Waals surface area contributed by atoms with Crippen LogP contribution in [0.3, 0.4) is 0 Å². The quantitative estimate of drug-likeness (QED) is 0.783. The van der Waals surface area contributed by atoms with Crippen molar-refractivity contribution in [2.75, 3.05) is 18.0 Å². The zero-order chi connectivity index (χ0) is 19.8. The van der Waals surface area contributed by atoms with Crippen molar-refractivity contribution in [3.8, 4) is 0 Å². The van der Waals surface area contributed by atoms with Gasteiger partial charge in [0, 0.05) is 54.9 Å². The second-order valence-electron chi connectivity index (χ2n) is 8.69. The molecule has 2 fully saturated rings. The third kappa shape index (κ3) is 3.70. The molecule has 1 N–H and O–H groups in total. The van der Waals surface area contributed by atoms with Crippen molar-refractivity contribution in [2.45, 2.75) is 63.5 Å². The van der Waals surface area contributed by atoms with Gasteiger partial charge in [-0.2, -0.15) is 0 Å². The van der Waals surface area contributed by atoms with Crippen LogP contribution in [-0.4, -0.2) is 39.2 Å². The van der Waals surface area contributed by atoms with E-state index in [0.29, 0.717) is 17.5 Å². The summed E-state index contributed by atoms with van der Waals surface area (Å²) in [6, 6.07) is 5.81. The maximum Gasteiger partial charge on any atom is 0.275 e. The monoisotopic (exact) mass is 413 g/mol. The van der Waals surface area contributed by atoms with Crippen LogP contribution in [0.5, 0.6) is 0 Å². The lowest BCUT2D eigenvalue weighted by Crippen LogP contribution is -2.47. The molecular weight excluding hydrogens is 386 g/mol. The zero-order valence-electron chi connectivity index (χ0n) is 16.5. The predicted octanol–water partition coefficient (Wildman–Crippen LogP) is 2.78. The summed E-state index contributed by atoms with van der Waals surface area (Å²) in [5.74, 6) is 0.616. The van der Waals surface area contributed by atoms with Gasteiger partial charge in [0.15, 0.2) is 5.69 Å². The number of piperidine rings is 1. The molecule has 0 spiro atoms. The van der Waals surface area contributed by atoms with Gasteiger partial charge < -0.3 is 14.8 Å². The average molecular weight is 414 g/mol. The topological polar surface area (TPSA) is 80.1 Å². The van der Waals surface area contributed by atoms with Crippen LogP contribution < -0.4 is 15.8 Å². The molecule has 3 aliphatic rings. The molecule has 2 aliphatic heterocycles. The number of pyridine rings is 1. The molecule has 1 saturated carbocycles. The van der Waals surface area contributed by atoms with Crippen LogP contribution in [0.25, 0.3) is 0 Å². The second-order valence-corrected chi connectivity index (χ2v) is 9.42. The lowest BCUT2D eigenvalue weighted by Gasteiger charge is -2.43. The Bertz CT molecular complexity index is 947. The van der Waals surface area contributed by atoms with Gasteiger partial charge >= 0.3 is 0 Å². The van der Waals surface area contributed by atoms with Crippen molar-refractivity contribution in [3.63, 3.8) is 0 Å². The molecule has 8 heteroatoms. The van der Waals surface area contributed by atoms with Crippen LogP contribution in [0.15, 0.2) is 23.0 Å². The Morgan fingerprint density at radius 2 is 1.93 bits per heavy atom. The number of hydrogen-bond acceptors (Lipinski definition) is 6.